The summed E-state index contributed by atoms with van der Waals surface area (Å²) in [7, 11) is 2.16. The van der Waals surface area contributed by atoms with Crippen molar-refractivity contribution < 1.29 is 10.0 Å². The van der Waals surface area contributed by atoms with Crippen molar-refractivity contribution in [2.45, 2.75) is 6.04 Å². The number of piperazine rings is 1. The van der Waals surface area contributed by atoms with Crippen LogP contribution >= 0.6 is 0 Å². The summed E-state index contributed by atoms with van der Waals surface area (Å²) >= 11 is 0. The van der Waals surface area contributed by atoms with E-state index in [2.05, 4.69) is 26.9 Å². The van der Waals surface area contributed by atoms with E-state index in [0.717, 1.165) is 36.5 Å². The number of likely N-dealkylation sites (N-methyl/N-ethyl adjacent to an activating group) is 1. The molecular weight excluding hydrogens is 230 g/mol. The molecule has 0 radical (unpaired) electrons. The Labute approximate surface area is 105 Å². The van der Waals surface area contributed by atoms with Crippen molar-refractivity contribution in [3.05, 3.63) is 18.6 Å². The first kappa shape index (κ1) is 11.4. The minimum atomic E-state index is 0.131. The second-order valence-electron chi connectivity index (χ2n) is 4.88. The number of aliphatic hydroxyl groups is 1. The first-order valence-electron chi connectivity index (χ1n) is 6.26. The third kappa shape index (κ3) is 1.83. The van der Waals surface area contributed by atoms with E-state index in [9.17, 15) is 5.11 Å². The zero-order valence-electron chi connectivity index (χ0n) is 10.4. The van der Waals surface area contributed by atoms with E-state index in [1.54, 1.807) is 6.33 Å². The van der Waals surface area contributed by atoms with Crippen LogP contribution in [0.4, 0.5) is 5.82 Å². The average molecular weight is 248 g/mol. The van der Waals surface area contributed by atoms with Crippen molar-refractivity contribution in [3.63, 3.8) is 0 Å². The van der Waals surface area contributed by atoms with Gasteiger partial charge in [0.15, 0.2) is 0 Å². The van der Waals surface area contributed by atoms with Crippen molar-refractivity contribution >= 4 is 16.9 Å². The van der Waals surface area contributed by atoms with E-state index in [1.807, 2.05) is 12.3 Å². The third-order valence-corrected chi connectivity index (χ3v) is 3.62. The average Bonchev–Trinajstić information content (AvgIpc) is 2.86. The number of anilines is 1. The summed E-state index contributed by atoms with van der Waals surface area (Å²) in [6.45, 7) is 3.07. The summed E-state index contributed by atoms with van der Waals surface area (Å²) in [6, 6.07) is 2.12. The largest absolute Gasteiger partial charge is 0.394 e. The maximum Gasteiger partial charge on any atom is 0.142 e. The van der Waals surface area contributed by atoms with Crippen LogP contribution in [-0.4, -0.2) is 59.4 Å². The molecule has 2 aromatic heterocycles. The molecular formula is C12H18N5O+. The maximum absolute atomic E-state index is 9.56. The van der Waals surface area contributed by atoms with Gasteiger partial charge < -0.3 is 19.9 Å². The molecule has 0 aliphatic carbocycles. The predicted octanol–water partition coefficient (Wildman–Crippen LogP) is -1.35. The lowest BCUT2D eigenvalue weighted by atomic mass is 10.1. The van der Waals surface area contributed by atoms with Crippen LogP contribution in [0.2, 0.25) is 0 Å². The SMILES string of the molecule is C[NH+]1CCN(c2ncnc3[nH]ccc23)[C@@H](CO)C1. The quantitative estimate of drug-likeness (QED) is 0.615. The van der Waals surface area contributed by atoms with Gasteiger partial charge in [-0.15, -0.1) is 0 Å². The Hall–Kier alpha value is -1.66. The predicted molar refractivity (Wildman–Crippen MR) is 68.7 cm³/mol. The van der Waals surface area contributed by atoms with Crippen LogP contribution in [0.1, 0.15) is 0 Å². The highest BCUT2D eigenvalue weighted by Gasteiger charge is 2.29. The van der Waals surface area contributed by atoms with Crippen LogP contribution in [0.15, 0.2) is 18.6 Å². The monoisotopic (exact) mass is 248 g/mol. The number of hydrogen-bond donors (Lipinski definition) is 3. The van der Waals surface area contributed by atoms with E-state index >= 15 is 0 Å². The van der Waals surface area contributed by atoms with Gasteiger partial charge in [-0.1, -0.05) is 0 Å². The van der Waals surface area contributed by atoms with Gasteiger partial charge in [0.1, 0.15) is 23.8 Å². The molecule has 1 fully saturated rings. The van der Waals surface area contributed by atoms with Gasteiger partial charge in [-0.2, -0.15) is 0 Å². The smallest absolute Gasteiger partial charge is 0.142 e. The van der Waals surface area contributed by atoms with Gasteiger partial charge in [-0.25, -0.2) is 9.97 Å². The molecule has 0 bridgehead atoms. The normalized spacial score (nSPS) is 24.7. The van der Waals surface area contributed by atoms with Crippen LogP contribution in [0.25, 0.3) is 11.0 Å². The lowest BCUT2D eigenvalue weighted by Crippen LogP contribution is -3.13. The van der Waals surface area contributed by atoms with Crippen molar-refractivity contribution in [1.29, 1.82) is 0 Å². The summed E-state index contributed by atoms with van der Waals surface area (Å²) in [5, 5.41) is 10.6. The Kier molecular flexibility index (Phi) is 2.89. The first-order chi connectivity index (χ1) is 8.79. The minimum Gasteiger partial charge on any atom is -0.394 e. The van der Waals surface area contributed by atoms with Gasteiger partial charge in [0.2, 0.25) is 0 Å². The molecule has 6 heteroatoms. The van der Waals surface area contributed by atoms with E-state index < -0.39 is 0 Å². The Balaban J connectivity index is 2.00. The molecule has 6 nitrogen and oxygen atoms in total. The molecule has 0 saturated carbocycles. The molecule has 18 heavy (non-hydrogen) atoms. The summed E-state index contributed by atoms with van der Waals surface area (Å²) in [6.07, 6.45) is 3.45. The Morgan fingerprint density at radius 3 is 3.28 bits per heavy atom. The van der Waals surface area contributed by atoms with Crippen molar-refractivity contribution in [3.8, 4) is 0 Å². The highest BCUT2D eigenvalue weighted by molar-refractivity contribution is 5.87. The number of quaternary nitrogens is 1. The first-order valence-corrected chi connectivity index (χ1v) is 6.26. The summed E-state index contributed by atoms with van der Waals surface area (Å²) in [5.74, 6) is 0.924. The minimum absolute atomic E-state index is 0.131. The van der Waals surface area contributed by atoms with E-state index in [1.165, 1.54) is 4.90 Å². The zero-order chi connectivity index (χ0) is 12.5. The molecule has 0 spiro atoms. The van der Waals surface area contributed by atoms with Crippen LogP contribution in [0, 0.1) is 0 Å². The number of hydrogen-bond acceptors (Lipinski definition) is 4. The molecule has 2 aromatic rings. The molecule has 1 saturated heterocycles. The van der Waals surface area contributed by atoms with Crippen molar-refractivity contribution in [2.24, 2.45) is 0 Å². The van der Waals surface area contributed by atoms with Gasteiger partial charge in [0, 0.05) is 6.20 Å². The number of nitrogens with zero attached hydrogens (tertiary/aromatic N) is 3. The number of aromatic nitrogens is 3. The molecule has 3 rings (SSSR count). The van der Waals surface area contributed by atoms with Gasteiger partial charge in [0.05, 0.1) is 38.7 Å². The number of aliphatic hydroxyl groups excluding tert-OH is 1. The molecule has 0 amide bonds. The zero-order valence-corrected chi connectivity index (χ0v) is 10.4. The molecule has 96 valence electrons. The number of nitrogens with one attached hydrogen (secondary N) is 2. The van der Waals surface area contributed by atoms with E-state index in [-0.39, 0.29) is 12.6 Å². The second kappa shape index (κ2) is 4.55. The molecule has 2 atom stereocenters. The fraction of sp³-hybridized carbons (Fsp3) is 0.500. The van der Waals surface area contributed by atoms with Gasteiger partial charge in [-0.05, 0) is 6.07 Å². The van der Waals surface area contributed by atoms with Crippen LogP contribution < -0.4 is 9.80 Å². The van der Waals surface area contributed by atoms with Crippen molar-refractivity contribution in [2.75, 3.05) is 38.2 Å². The molecule has 0 aromatic carbocycles. The Morgan fingerprint density at radius 1 is 1.56 bits per heavy atom. The highest BCUT2D eigenvalue weighted by Crippen LogP contribution is 2.23. The highest BCUT2D eigenvalue weighted by atomic mass is 16.3. The van der Waals surface area contributed by atoms with Gasteiger partial charge >= 0.3 is 0 Å². The number of rotatable bonds is 2. The molecule has 1 aliphatic heterocycles. The molecule has 1 unspecified atom stereocenters. The van der Waals surface area contributed by atoms with Gasteiger partial charge in [-0.3, -0.25) is 0 Å². The van der Waals surface area contributed by atoms with E-state index in [0.29, 0.717) is 0 Å². The lowest BCUT2D eigenvalue weighted by molar-refractivity contribution is -0.883. The van der Waals surface area contributed by atoms with Crippen LogP contribution in [0.5, 0.6) is 0 Å². The maximum atomic E-state index is 9.56. The Morgan fingerprint density at radius 2 is 2.44 bits per heavy atom. The van der Waals surface area contributed by atoms with Gasteiger partial charge in [0.25, 0.3) is 0 Å². The fourth-order valence-corrected chi connectivity index (χ4v) is 2.64. The Bertz CT molecular complexity index is 540. The number of H-pyrrole nitrogens is 1. The van der Waals surface area contributed by atoms with Crippen LogP contribution in [-0.2, 0) is 0 Å². The fourth-order valence-electron chi connectivity index (χ4n) is 2.64. The van der Waals surface area contributed by atoms with Crippen LogP contribution in [0.3, 0.4) is 0 Å². The molecule has 3 N–H and O–H groups in total. The van der Waals surface area contributed by atoms with Crippen molar-refractivity contribution in [1.82, 2.24) is 15.0 Å². The topological polar surface area (TPSA) is 69.5 Å². The lowest BCUT2D eigenvalue weighted by Gasteiger charge is -2.37. The van der Waals surface area contributed by atoms with E-state index in [4.69, 9.17) is 0 Å². The molecule has 3 heterocycles. The summed E-state index contributed by atoms with van der Waals surface area (Å²) in [5.41, 5.74) is 0.850. The standard InChI is InChI=1S/C12H17N5O/c1-16-4-5-17(9(6-16)7-18)12-10-2-3-13-11(10)14-8-15-12/h2-3,8-9,18H,4-7H2,1H3,(H,13,14,15)/p+1/t9-/m1/s1. The second-order valence-corrected chi connectivity index (χ2v) is 4.88. The summed E-state index contributed by atoms with van der Waals surface area (Å²) < 4.78 is 0. The number of aromatic amines is 1. The number of fused-ring (bicyclic) bond motifs is 1. The molecule has 1 aliphatic rings. The summed E-state index contributed by atoms with van der Waals surface area (Å²) in [4.78, 5) is 15.3. The third-order valence-electron chi connectivity index (χ3n) is 3.62.